The molecule has 1 aliphatic heterocycles. The Bertz CT molecular complexity index is 1890. The van der Waals surface area contributed by atoms with Crippen molar-refractivity contribution in [2.45, 2.75) is 49.7 Å². The van der Waals surface area contributed by atoms with Crippen LogP contribution in [-0.2, 0) is 31.8 Å². The van der Waals surface area contributed by atoms with Crippen LogP contribution >= 0.6 is 11.8 Å². The number of fused-ring (bicyclic) bond motifs is 1. The third-order valence-electron chi connectivity index (χ3n) is 6.79. The number of hydrogen-bond acceptors (Lipinski definition) is 10. The molecule has 4 aromatic rings. The predicted octanol–water partition coefficient (Wildman–Crippen LogP) is 4.93. The van der Waals surface area contributed by atoms with Crippen LogP contribution in [0.5, 0.6) is 11.5 Å². The van der Waals surface area contributed by atoms with Gasteiger partial charge in [0.25, 0.3) is 11.9 Å². The van der Waals surface area contributed by atoms with Crippen molar-refractivity contribution in [3.63, 3.8) is 0 Å². The maximum Gasteiger partial charge on any atom is 0.597 e. The molecular formula is C31H32FN6O6S2+. The summed E-state index contributed by atoms with van der Waals surface area (Å²) in [4.78, 5) is 29.2. The van der Waals surface area contributed by atoms with Gasteiger partial charge in [-0.1, -0.05) is 30.3 Å². The zero-order chi connectivity index (χ0) is 33.2. The fourth-order valence-corrected chi connectivity index (χ4v) is 6.70. The third-order valence-corrected chi connectivity index (χ3v) is 9.03. The molecule has 0 fully saturated rings. The summed E-state index contributed by atoms with van der Waals surface area (Å²) >= 11 is 1.42. The fourth-order valence-electron chi connectivity index (χ4n) is 4.67. The molecule has 1 aliphatic rings. The van der Waals surface area contributed by atoms with E-state index < -0.39 is 49.9 Å². The first-order valence-electron chi connectivity index (χ1n) is 14.0. The number of ether oxygens (including phenoxy) is 2. The normalized spacial score (nSPS) is 16.0. The molecule has 0 aliphatic carbocycles. The van der Waals surface area contributed by atoms with Crippen molar-refractivity contribution in [3.05, 3.63) is 78.1 Å². The van der Waals surface area contributed by atoms with Crippen molar-refractivity contribution >= 4 is 46.0 Å². The average Bonchev–Trinajstić information content (AvgIpc) is 3.44. The van der Waals surface area contributed by atoms with Gasteiger partial charge in [0.1, 0.15) is 41.3 Å². The Labute approximate surface area is 269 Å². The summed E-state index contributed by atoms with van der Waals surface area (Å²) in [6.45, 7) is 8.44. The first-order chi connectivity index (χ1) is 21.8. The summed E-state index contributed by atoms with van der Waals surface area (Å²) in [6, 6.07) is 16.5. The number of amides is 2. The topological polar surface area (TPSA) is 137 Å². The standard InChI is InChI=1S/C31H32FN6O6S2/c1-31(2,3)44-30(40)36(4)26-18-46(41,42)27-16-24(32)23(28-33-35-38(34-28)19-45-5)15-25(27)37(29(26)39)17-20-11-13-22(14-12-20)43-21-9-7-6-8-10-21/h6-16,26H,4,17-19H2,1-3,5H3/q+1/t26-/m0/s1. The molecule has 15 heteroatoms. The minimum absolute atomic E-state index is 0.0881. The molecule has 0 bridgehead atoms. The highest BCUT2D eigenvalue weighted by Gasteiger charge is 2.47. The Morgan fingerprint density at radius 2 is 1.78 bits per heavy atom. The lowest BCUT2D eigenvalue weighted by molar-refractivity contribution is -0.464. The third kappa shape index (κ3) is 7.26. The second-order valence-corrected chi connectivity index (χ2v) is 14.3. The summed E-state index contributed by atoms with van der Waals surface area (Å²) in [5, 5.41) is 12.0. The van der Waals surface area contributed by atoms with Crippen molar-refractivity contribution in [2.75, 3.05) is 16.9 Å². The van der Waals surface area contributed by atoms with E-state index >= 15 is 4.39 Å². The quantitative estimate of drug-likeness (QED) is 0.188. The number of halogens is 1. The van der Waals surface area contributed by atoms with Gasteiger partial charge in [-0.2, -0.15) is 9.59 Å². The second kappa shape index (κ2) is 13.0. The first kappa shape index (κ1) is 32.8. The number of carbonyl (C=O) groups excluding carboxylic acids is 2. The number of benzene rings is 3. The zero-order valence-electron chi connectivity index (χ0n) is 25.6. The van der Waals surface area contributed by atoms with Crippen LogP contribution in [0.25, 0.3) is 11.4 Å². The summed E-state index contributed by atoms with van der Waals surface area (Å²) in [5.74, 6) is -1.08. The maximum absolute atomic E-state index is 15.6. The highest BCUT2D eigenvalue weighted by atomic mass is 32.2. The molecule has 0 radical (unpaired) electrons. The van der Waals surface area contributed by atoms with Gasteiger partial charge < -0.3 is 14.4 Å². The van der Waals surface area contributed by atoms with Crippen molar-refractivity contribution in [1.29, 1.82) is 0 Å². The summed E-state index contributed by atoms with van der Waals surface area (Å²) in [7, 11) is -4.35. The molecular weight excluding hydrogens is 636 g/mol. The van der Waals surface area contributed by atoms with Crippen LogP contribution in [0, 0.1) is 5.82 Å². The van der Waals surface area contributed by atoms with E-state index in [1.54, 1.807) is 45.0 Å². The van der Waals surface area contributed by atoms with Gasteiger partial charge in [-0.25, -0.2) is 12.8 Å². The van der Waals surface area contributed by atoms with E-state index in [9.17, 15) is 18.0 Å². The molecule has 1 aromatic heterocycles. The van der Waals surface area contributed by atoms with Crippen molar-refractivity contribution in [3.8, 4) is 22.9 Å². The van der Waals surface area contributed by atoms with E-state index in [0.717, 1.165) is 6.07 Å². The number of hydrogen-bond donors (Lipinski definition) is 0. The average molecular weight is 668 g/mol. The molecule has 3 aromatic carbocycles. The number of thioether (sulfide) groups is 1. The van der Waals surface area contributed by atoms with E-state index in [1.807, 2.05) is 36.6 Å². The SMILES string of the molecule is C=[N+](C(=O)OC(C)(C)C)[C@H]1CS(=O)(=O)c2cc(F)c(-c3nnn(CSC)n3)cc2N(Cc2ccc(Oc3ccccc3)cc2)C1=O. The molecule has 0 saturated heterocycles. The van der Waals surface area contributed by atoms with E-state index in [2.05, 4.69) is 22.1 Å². The second-order valence-electron chi connectivity index (χ2n) is 11.4. The molecule has 0 spiro atoms. The van der Waals surface area contributed by atoms with Gasteiger partial charge in [0.15, 0.2) is 9.84 Å². The van der Waals surface area contributed by atoms with E-state index in [1.165, 1.54) is 27.5 Å². The zero-order valence-corrected chi connectivity index (χ0v) is 27.2. The van der Waals surface area contributed by atoms with Crippen LogP contribution in [0.1, 0.15) is 26.3 Å². The van der Waals surface area contributed by atoms with Crippen LogP contribution in [0.15, 0.2) is 71.6 Å². The van der Waals surface area contributed by atoms with Crippen LogP contribution in [0.3, 0.4) is 0 Å². The Hall–Kier alpha value is -4.63. The lowest BCUT2D eigenvalue weighted by atomic mass is 10.1. The summed E-state index contributed by atoms with van der Waals surface area (Å²) in [5.41, 5.74) is -0.597. The number of para-hydroxylation sites is 1. The number of aromatic nitrogens is 4. The summed E-state index contributed by atoms with van der Waals surface area (Å²) in [6.07, 6.45) is 0.844. The van der Waals surface area contributed by atoms with Gasteiger partial charge in [-0.15, -0.1) is 26.5 Å². The molecule has 1 atom stereocenters. The van der Waals surface area contributed by atoms with Gasteiger partial charge in [0.2, 0.25) is 5.82 Å². The number of tetrazole rings is 1. The highest BCUT2D eigenvalue weighted by molar-refractivity contribution is 7.97. The fraction of sp³-hybridized carbons (Fsp3) is 0.290. The molecule has 2 amide bonds. The van der Waals surface area contributed by atoms with Gasteiger partial charge in [0, 0.05) is 0 Å². The van der Waals surface area contributed by atoms with Crippen LogP contribution < -0.4 is 9.64 Å². The molecule has 0 N–H and O–H groups in total. The Kier molecular flexibility index (Phi) is 9.26. The minimum atomic E-state index is -4.35. The van der Waals surface area contributed by atoms with Gasteiger partial charge in [-0.3, -0.25) is 4.79 Å². The summed E-state index contributed by atoms with van der Waals surface area (Å²) < 4.78 is 55.0. The molecule has 5 rings (SSSR count). The van der Waals surface area contributed by atoms with Gasteiger partial charge in [-0.05, 0) is 74.2 Å². The van der Waals surface area contributed by atoms with E-state index in [-0.39, 0.29) is 23.6 Å². The Balaban J connectivity index is 1.58. The Morgan fingerprint density at radius 1 is 1.11 bits per heavy atom. The number of carbonyl (C=O) groups is 2. The highest BCUT2D eigenvalue weighted by Crippen LogP contribution is 2.37. The van der Waals surface area contributed by atoms with Crippen molar-refractivity contribution in [2.24, 2.45) is 0 Å². The smallest absolute Gasteiger partial charge is 0.457 e. The van der Waals surface area contributed by atoms with Gasteiger partial charge in [0.05, 0.1) is 22.7 Å². The van der Waals surface area contributed by atoms with Gasteiger partial charge >= 0.3 is 6.09 Å². The van der Waals surface area contributed by atoms with Crippen LogP contribution in [0.2, 0.25) is 0 Å². The molecule has 12 nitrogen and oxygen atoms in total. The lowest BCUT2D eigenvalue weighted by Gasteiger charge is -2.25. The van der Waals surface area contributed by atoms with Crippen LogP contribution in [0.4, 0.5) is 14.9 Å². The number of nitrogens with zero attached hydrogens (tertiary/aromatic N) is 6. The number of rotatable bonds is 8. The maximum atomic E-state index is 15.6. The van der Waals surface area contributed by atoms with Crippen molar-refractivity contribution < 1.29 is 36.4 Å². The molecule has 46 heavy (non-hydrogen) atoms. The van der Waals surface area contributed by atoms with Crippen LogP contribution in [-0.4, -0.2) is 75.6 Å². The lowest BCUT2D eigenvalue weighted by Crippen LogP contribution is -2.49. The molecule has 2 heterocycles. The minimum Gasteiger partial charge on any atom is -0.457 e. The molecule has 0 unspecified atom stereocenters. The monoisotopic (exact) mass is 667 g/mol. The first-order valence-corrected chi connectivity index (χ1v) is 17.1. The molecule has 0 saturated carbocycles. The predicted molar refractivity (Wildman–Crippen MR) is 170 cm³/mol. The Morgan fingerprint density at radius 3 is 2.43 bits per heavy atom. The van der Waals surface area contributed by atoms with E-state index in [0.29, 0.717) is 27.5 Å². The van der Waals surface area contributed by atoms with E-state index in [4.69, 9.17) is 9.47 Å². The number of anilines is 1. The van der Waals surface area contributed by atoms with Crippen molar-refractivity contribution in [1.82, 2.24) is 20.2 Å². The largest absolute Gasteiger partial charge is 0.597 e. The molecule has 240 valence electrons. The number of sulfone groups is 1.